The average molecular weight is 335 g/mol. The van der Waals surface area contributed by atoms with Gasteiger partial charge in [-0.1, -0.05) is 12.1 Å². The quantitative estimate of drug-likeness (QED) is 0.687. The van der Waals surface area contributed by atoms with Crippen molar-refractivity contribution in [2.45, 2.75) is 19.9 Å². The van der Waals surface area contributed by atoms with E-state index in [0.29, 0.717) is 6.61 Å². The molecular weight excluding hydrogens is 308 g/mol. The molecule has 0 unspecified atom stereocenters. The minimum Gasteiger partial charge on any atom is -0.492 e. The lowest BCUT2D eigenvalue weighted by atomic mass is 10.2. The van der Waals surface area contributed by atoms with Crippen LogP contribution in [0.4, 0.5) is 10.5 Å². The number of carbonyl (C=O) groups is 2. The van der Waals surface area contributed by atoms with Crippen LogP contribution in [-0.2, 0) is 4.79 Å². The van der Waals surface area contributed by atoms with Gasteiger partial charge in [-0.15, -0.1) is 0 Å². The second kappa shape index (κ2) is 8.54. The number of hydrogen-bond donors (Lipinski definition) is 3. The predicted octanol–water partition coefficient (Wildman–Crippen LogP) is -0.366. The van der Waals surface area contributed by atoms with E-state index in [2.05, 4.69) is 21.6 Å². The van der Waals surface area contributed by atoms with Gasteiger partial charge in [-0.25, -0.2) is 4.79 Å². The second-order valence-corrected chi connectivity index (χ2v) is 5.84. The molecule has 1 fully saturated rings. The zero-order valence-electron chi connectivity index (χ0n) is 14.6. The third-order valence-corrected chi connectivity index (χ3v) is 4.38. The number of anilines is 1. The minimum absolute atomic E-state index is 0.243. The number of rotatable bonds is 5. The Kier molecular flexibility index (Phi) is 6.43. The van der Waals surface area contributed by atoms with E-state index >= 15 is 0 Å². The normalized spacial score (nSPS) is 16.4. The number of carbonyl (C=O) groups excluding carboxylic acids is 2. The molecule has 3 N–H and O–H groups in total. The molecule has 1 saturated heterocycles. The van der Waals surface area contributed by atoms with E-state index in [1.54, 1.807) is 0 Å². The molecule has 1 aromatic rings. The first-order valence-corrected chi connectivity index (χ1v) is 8.40. The van der Waals surface area contributed by atoms with Gasteiger partial charge in [0.15, 0.2) is 6.04 Å². The number of quaternary nitrogens is 1. The van der Waals surface area contributed by atoms with Gasteiger partial charge in [0.05, 0.1) is 38.5 Å². The topological polar surface area (TPSA) is 75.1 Å². The van der Waals surface area contributed by atoms with Crippen LogP contribution in [0.1, 0.15) is 13.8 Å². The molecule has 0 aromatic heterocycles. The largest absolute Gasteiger partial charge is 0.492 e. The second-order valence-electron chi connectivity index (χ2n) is 5.84. The number of piperazine rings is 1. The molecule has 7 heteroatoms. The Morgan fingerprint density at radius 3 is 2.58 bits per heavy atom. The van der Waals surface area contributed by atoms with Crippen LogP contribution in [0.3, 0.4) is 0 Å². The van der Waals surface area contributed by atoms with E-state index in [9.17, 15) is 9.59 Å². The van der Waals surface area contributed by atoms with Gasteiger partial charge in [0, 0.05) is 7.05 Å². The maximum absolute atomic E-state index is 12.1. The molecule has 1 aliphatic rings. The van der Waals surface area contributed by atoms with Gasteiger partial charge in [-0.05, 0) is 26.0 Å². The summed E-state index contributed by atoms with van der Waals surface area (Å²) in [4.78, 5) is 26.8. The summed E-state index contributed by atoms with van der Waals surface area (Å²) in [5.74, 6) is 0.654. The van der Waals surface area contributed by atoms with Gasteiger partial charge in [0.1, 0.15) is 5.75 Å². The number of nitrogens with one attached hydrogen (secondary N) is 3. The van der Waals surface area contributed by atoms with Crippen molar-refractivity contribution in [3.8, 4) is 5.75 Å². The lowest BCUT2D eigenvalue weighted by molar-refractivity contribution is -0.914. The number of amides is 3. The summed E-state index contributed by atoms with van der Waals surface area (Å²) in [5, 5.41) is 4.75. The van der Waals surface area contributed by atoms with Gasteiger partial charge in [0.2, 0.25) is 0 Å². The highest BCUT2D eigenvalue weighted by Crippen LogP contribution is 2.27. The van der Waals surface area contributed by atoms with Crippen molar-refractivity contribution in [3.63, 3.8) is 0 Å². The maximum Gasteiger partial charge on any atom is 0.321 e. The highest BCUT2D eigenvalue weighted by Gasteiger charge is 2.30. The maximum atomic E-state index is 12.1. The summed E-state index contributed by atoms with van der Waals surface area (Å²) in [6, 6.07) is 7.31. The van der Waals surface area contributed by atoms with Crippen LogP contribution in [0.15, 0.2) is 24.3 Å². The van der Waals surface area contributed by atoms with Crippen molar-refractivity contribution in [2.75, 3.05) is 44.7 Å². The fourth-order valence-corrected chi connectivity index (χ4v) is 2.93. The molecule has 0 spiro atoms. The molecule has 132 valence electrons. The van der Waals surface area contributed by atoms with Gasteiger partial charge in [-0.2, -0.15) is 0 Å². The highest BCUT2D eigenvalue weighted by molar-refractivity contribution is 5.96. The van der Waals surface area contributed by atoms with E-state index < -0.39 is 6.03 Å². The molecule has 2 rings (SSSR count). The summed E-state index contributed by atoms with van der Waals surface area (Å²) in [5.41, 5.74) is 1.10. The molecule has 7 nitrogen and oxygen atoms in total. The van der Waals surface area contributed by atoms with E-state index in [0.717, 1.165) is 37.6 Å². The van der Waals surface area contributed by atoms with Crippen molar-refractivity contribution < 1.29 is 19.2 Å². The number of hydrogen-bond acceptors (Lipinski definition) is 4. The standard InChI is InChI=1S/C17H26N4O3/c1-4-24-15-8-6-5-7-14(15)21-11-9-20(10-12-21)13(2)16(22)19-17(23)18-3/h5-8,13H,4,9-12H2,1-3H3,(H2,18,19,22,23)/p+1/t13-/m0/s1. The number of para-hydroxylation sites is 2. The van der Waals surface area contributed by atoms with Gasteiger partial charge < -0.3 is 19.9 Å². The lowest BCUT2D eigenvalue weighted by Crippen LogP contribution is -3.19. The van der Waals surface area contributed by atoms with Crippen molar-refractivity contribution in [1.82, 2.24) is 10.6 Å². The Balaban J connectivity index is 1.94. The summed E-state index contributed by atoms with van der Waals surface area (Å²) in [7, 11) is 1.49. The molecule has 1 heterocycles. The molecule has 0 radical (unpaired) electrons. The third kappa shape index (κ3) is 4.38. The third-order valence-electron chi connectivity index (χ3n) is 4.38. The summed E-state index contributed by atoms with van der Waals surface area (Å²) >= 11 is 0. The van der Waals surface area contributed by atoms with E-state index in [1.165, 1.54) is 11.9 Å². The number of nitrogens with zero attached hydrogens (tertiary/aromatic N) is 1. The molecule has 1 aromatic carbocycles. The lowest BCUT2D eigenvalue weighted by Gasteiger charge is -2.36. The van der Waals surface area contributed by atoms with E-state index in [-0.39, 0.29) is 11.9 Å². The van der Waals surface area contributed by atoms with Crippen LogP contribution in [0.25, 0.3) is 0 Å². The fourth-order valence-electron chi connectivity index (χ4n) is 2.93. The van der Waals surface area contributed by atoms with Crippen LogP contribution in [0.2, 0.25) is 0 Å². The average Bonchev–Trinajstić information content (AvgIpc) is 2.62. The van der Waals surface area contributed by atoms with E-state index in [4.69, 9.17) is 4.74 Å². The molecule has 1 atom stereocenters. The number of ether oxygens (including phenoxy) is 1. The van der Waals surface area contributed by atoms with Gasteiger partial charge >= 0.3 is 6.03 Å². The van der Waals surface area contributed by atoms with Crippen LogP contribution < -0.4 is 25.2 Å². The molecule has 1 aliphatic heterocycles. The van der Waals surface area contributed by atoms with Crippen LogP contribution in [-0.4, -0.2) is 57.8 Å². The fraction of sp³-hybridized carbons (Fsp3) is 0.529. The van der Waals surface area contributed by atoms with Crippen LogP contribution in [0, 0.1) is 0 Å². The first-order valence-electron chi connectivity index (χ1n) is 8.40. The Bertz CT molecular complexity index is 571. The van der Waals surface area contributed by atoms with Gasteiger partial charge in [-0.3, -0.25) is 10.1 Å². The predicted molar refractivity (Wildman–Crippen MR) is 92.6 cm³/mol. The van der Waals surface area contributed by atoms with E-state index in [1.807, 2.05) is 32.0 Å². The molecule has 0 aliphatic carbocycles. The molecule has 24 heavy (non-hydrogen) atoms. The number of benzene rings is 1. The smallest absolute Gasteiger partial charge is 0.321 e. The van der Waals surface area contributed by atoms with Crippen molar-refractivity contribution in [2.24, 2.45) is 0 Å². The highest BCUT2D eigenvalue weighted by atomic mass is 16.5. The van der Waals surface area contributed by atoms with Gasteiger partial charge in [0.25, 0.3) is 5.91 Å². The summed E-state index contributed by atoms with van der Waals surface area (Å²) in [6.45, 7) is 7.83. The monoisotopic (exact) mass is 335 g/mol. The minimum atomic E-state index is -0.462. The SMILES string of the molecule is CCOc1ccccc1N1CC[NH+]([C@@H](C)C(=O)NC(=O)NC)CC1. The van der Waals surface area contributed by atoms with Crippen LogP contribution in [0.5, 0.6) is 5.75 Å². The molecular formula is C17H27N4O3+. The van der Waals surface area contributed by atoms with Crippen molar-refractivity contribution in [3.05, 3.63) is 24.3 Å². The number of urea groups is 1. The Morgan fingerprint density at radius 2 is 1.96 bits per heavy atom. The zero-order chi connectivity index (χ0) is 17.5. The molecule has 0 bridgehead atoms. The molecule has 0 saturated carbocycles. The first-order chi connectivity index (χ1) is 11.6. The first kappa shape index (κ1) is 18.1. The van der Waals surface area contributed by atoms with Crippen molar-refractivity contribution >= 4 is 17.6 Å². The number of imide groups is 1. The zero-order valence-corrected chi connectivity index (χ0v) is 14.6. The summed E-state index contributed by atoms with van der Waals surface area (Å²) in [6.07, 6.45) is 0. The Labute approximate surface area is 142 Å². The molecule has 3 amide bonds. The van der Waals surface area contributed by atoms with Crippen LogP contribution >= 0.6 is 0 Å². The Hall–Kier alpha value is -2.28. The Morgan fingerprint density at radius 1 is 1.29 bits per heavy atom. The summed E-state index contributed by atoms with van der Waals surface area (Å²) < 4.78 is 5.70. The van der Waals surface area contributed by atoms with Crippen molar-refractivity contribution in [1.29, 1.82) is 0 Å².